The summed E-state index contributed by atoms with van der Waals surface area (Å²) in [5.74, 6) is -1.07. The molecule has 0 atom stereocenters. The van der Waals surface area contributed by atoms with E-state index in [9.17, 15) is 9.59 Å². The number of ether oxygens (including phenoxy) is 2. The van der Waals surface area contributed by atoms with Gasteiger partial charge in [0.1, 0.15) is 0 Å². The Morgan fingerprint density at radius 2 is 1.44 bits per heavy atom. The lowest BCUT2D eigenvalue weighted by Gasteiger charge is -2.27. The van der Waals surface area contributed by atoms with Gasteiger partial charge in [-0.2, -0.15) is 0 Å². The van der Waals surface area contributed by atoms with Crippen molar-refractivity contribution in [1.29, 1.82) is 0 Å². The Hall–Kier alpha value is -2.92. The predicted octanol–water partition coefficient (Wildman–Crippen LogP) is 7.94. The van der Waals surface area contributed by atoms with Crippen molar-refractivity contribution in [2.24, 2.45) is 0 Å². The number of aliphatic carboxylic acids is 1. The van der Waals surface area contributed by atoms with Gasteiger partial charge in [-0.3, -0.25) is 4.79 Å². The number of unbranched alkanes of at least 4 members (excludes halogenated alkanes) is 5. The molecule has 0 amide bonds. The fourth-order valence-corrected chi connectivity index (χ4v) is 3.90. The number of methoxy groups -OCH3 is 1. The Balaban J connectivity index is 0.00000316. The van der Waals surface area contributed by atoms with Gasteiger partial charge in [0.2, 0.25) is 0 Å². The van der Waals surface area contributed by atoms with E-state index in [1.165, 1.54) is 7.11 Å². The fraction of sp³-hybridized carbons (Fsp3) is 0.484. The molecule has 0 bridgehead atoms. The molecule has 198 valence electrons. The monoisotopic (exact) mass is 496 g/mol. The highest BCUT2D eigenvalue weighted by atomic mass is 16.5. The highest BCUT2D eigenvalue weighted by Crippen LogP contribution is 2.31. The van der Waals surface area contributed by atoms with E-state index in [1.54, 1.807) is 12.1 Å². The minimum atomic E-state index is -0.713. The molecule has 36 heavy (non-hydrogen) atoms. The van der Waals surface area contributed by atoms with Gasteiger partial charge in [0.25, 0.3) is 0 Å². The van der Waals surface area contributed by atoms with Gasteiger partial charge in [-0.25, -0.2) is 4.79 Å². The van der Waals surface area contributed by atoms with Gasteiger partial charge in [-0.05, 0) is 79.6 Å². The molecule has 0 aliphatic rings. The number of esters is 1. The van der Waals surface area contributed by atoms with E-state index >= 15 is 0 Å². The first kappa shape index (κ1) is 31.1. The summed E-state index contributed by atoms with van der Waals surface area (Å²) in [6.07, 6.45) is 6.24. The Kier molecular flexibility index (Phi) is 13.8. The summed E-state index contributed by atoms with van der Waals surface area (Å²) >= 11 is 0. The zero-order valence-electron chi connectivity index (χ0n) is 23.0. The third-order valence-electron chi connectivity index (χ3n) is 6.16. The highest BCUT2D eigenvalue weighted by molar-refractivity contribution is 5.90. The topological polar surface area (TPSA) is 72.8 Å². The maximum absolute atomic E-state index is 11.7. The second-order valence-corrected chi connectivity index (χ2v) is 9.20. The average molecular weight is 497 g/mol. The van der Waals surface area contributed by atoms with Gasteiger partial charge >= 0.3 is 11.9 Å². The van der Waals surface area contributed by atoms with Crippen LogP contribution in [0.1, 0.15) is 105 Å². The number of carboxylic acid groups (broad SMARTS) is 1. The second kappa shape index (κ2) is 15.9. The molecular weight excluding hydrogens is 452 g/mol. The van der Waals surface area contributed by atoms with Crippen molar-refractivity contribution >= 4 is 17.5 Å². The number of carboxylic acids is 1. The molecule has 2 aromatic carbocycles. The smallest absolute Gasteiger partial charge is 0.337 e. The van der Waals surface area contributed by atoms with Crippen LogP contribution in [0.4, 0.5) is 0 Å². The first-order valence-corrected chi connectivity index (χ1v) is 13.0. The number of carbonyl (C=O) groups is 2. The number of aryl methyl sites for hydroxylation is 1. The SMILES string of the molecule is C=C(c1ccc(C(=O)OC)cc1)c1cc(C(C)(C)OCCCCCCCCC(=O)O)ccc1C.CC. The van der Waals surface area contributed by atoms with E-state index in [0.29, 0.717) is 12.2 Å². The average Bonchev–Trinajstić information content (AvgIpc) is 2.88. The van der Waals surface area contributed by atoms with E-state index in [0.717, 1.165) is 66.4 Å². The molecule has 0 heterocycles. The molecule has 0 aromatic heterocycles. The van der Waals surface area contributed by atoms with E-state index < -0.39 is 11.6 Å². The second-order valence-electron chi connectivity index (χ2n) is 9.20. The lowest BCUT2D eigenvalue weighted by atomic mass is 9.89. The third-order valence-corrected chi connectivity index (χ3v) is 6.16. The molecule has 0 saturated heterocycles. The summed E-state index contributed by atoms with van der Waals surface area (Å²) in [4.78, 5) is 22.2. The Morgan fingerprint density at radius 3 is 2.03 bits per heavy atom. The molecule has 0 saturated carbocycles. The summed E-state index contributed by atoms with van der Waals surface area (Å²) in [6.45, 7) is 15.2. The van der Waals surface area contributed by atoms with Crippen molar-refractivity contribution in [2.75, 3.05) is 13.7 Å². The van der Waals surface area contributed by atoms with Crippen molar-refractivity contribution in [3.8, 4) is 0 Å². The summed E-state index contributed by atoms with van der Waals surface area (Å²) < 4.78 is 11.0. The van der Waals surface area contributed by atoms with Gasteiger partial charge in [-0.15, -0.1) is 0 Å². The minimum Gasteiger partial charge on any atom is -0.481 e. The standard InChI is InChI=1S/C29H38O5.C2H6/c1-21-13-18-25(29(3,4)34-19-11-9-7-6-8-10-12-27(30)31)20-26(21)22(2)23-14-16-24(17-15-23)28(32)33-5;1-2/h13-18,20H,2,6-12,19H2,1,3-5H3,(H,30,31);1-2H3. The molecule has 0 unspecified atom stereocenters. The van der Waals surface area contributed by atoms with E-state index in [4.69, 9.17) is 14.6 Å². The molecule has 0 spiro atoms. The largest absolute Gasteiger partial charge is 0.481 e. The lowest BCUT2D eigenvalue weighted by Crippen LogP contribution is -2.22. The zero-order valence-corrected chi connectivity index (χ0v) is 23.0. The quantitative estimate of drug-likeness (QED) is 0.212. The van der Waals surface area contributed by atoms with Crippen LogP contribution in [0.2, 0.25) is 0 Å². The lowest BCUT2D eigenvalue weighted by molar-refractivity contribution is -0.137. The van der Waals surface area contributed by atoms with Gasteiger partial charge in [0, 0.05) is 13.0 Å². The fourth-order valence-electron chi connectivity index (χ4n) is 3.90. The van der Waals surface area contributed by atoms with Crippen molar-refractivity contribution in [3.63, 3.8) is 0 Å². The van der Waals surface area contributed by atoms with Crippen LogP contribution in [0.15, 0.2) is 49.0 Å². The van der Waals surface area contributed by atoms with E-state index in [-0.39, 0.29) is 12.4 Å². The van der Waals surface area contributed by atoms with Crippen LogP contribution in [0, 0.1) is 6.92 Å². The van der Waals surface area contributed by atoms with Gasteiger partial charge in [-0.1, -0.05) is 70.4 Å². The van der Waals surface area contributed by atoms with Crippen molar-refractivity contribution in [2.45, 2.75) is 85.2 Å². The molecule has 5 nitrogen and oxygen atoms in total. The number of hydrogen-bond donors (Lipinski definition) is 1. The van der Waals surface area contributed by atoms with E-state index in [1.807, 2.05) is 26.0 Å². The Bertz CT molecular complexity index is 973. The molecular formula is C31H44O5. The van der Waals surface area contributed by atoms with Crippen molar-refractivity contribution < 1.29 is 24.2 Å². The summed E-state index contributed by atoms with van der Waals surface area (Å²) in [7, 11) is 1.37. The first-order valence-electron chi connectivity index (χ1n) is 13.0. The van der Waals surface area contributed by atoms with Crippen LogP contribution < -0.4 is 0 Å². The number of carbonyl (C=O) groups excluding carboxylic acids is 1. The molecule has 0 aliphatic heterocycles. The zero-order chi connectivity index (χ0) is 27.1. The van der Waals surface area contributed by atoms with Gasteiger partial charge in [0.05, 0.1) is 18.3 Å². The highest BCUT2D eigenvalue weighted by Gasteiger charge is 2.22. The van der Waals surface area contributed by atoms with Gasteiger partial charge in [0.15, 0.2) is 0 Å². The molecule has 2 rings (SSSR count). The minimum absolute atomic E-state index is 0.265. The molecule has 1 N–H and O–H groups in total. The van der Waals surface area contributed by atoms with Crippen molar-refractivity contribution in [3.05, 3.63) is 76.9 Å². The van der Waals surface area contributed by atoms with Crippen LogP contribution in [-0.2, 0) is 19.9 Å². The van der Waals surface area contributed by atoms with Crippen LogP contribution in [0.25, 0.3) is 5.57 Å². The molecule has 5 heteroatoms. The first-order chi connectivity index (χ1) is 17.2. The number of hydrogen-bond acceptors (Lipinski definition) is 4. The molecule has 2 aromatic rings. The molecule has 0 aliphatic carbocycles. The maximum Gasteiger partial charge on any atom is 0.337 e. The maximum atomic E-state index is 11.7. The van der Waals surface area contributed by atoms with Gasteiger partial charge < -0.3 is 14.6 Å². The molecule has 0 radical (unpaired) electrons. The normalized spacial score (nSPS) is 10.8. The van der Waals surface area contributed by atoms with Crippen LogP contribution in [0.3, 0.4) is 0 Å². The molecule has 0 fully saturated rings. The van der Waals surface area contributed by atoms with Crippen LogP contribution >= 0.6 is 0 Å². The predicted molar refractivity (Wildman–Crippen MR) is 147 cm³/mol. The van der Waals surface area contributed by atoms with Crippen LogP contribution in [-0.4, -0.2) is 30.8 Å². The Labute approximate surface area is 217 Å². The summed E-state index contributed by atoms with van der Waals surface area (Å²) in [5, 5.41) is 8.68. The van der Waals surface area contributed by atoms with E-state index in [2.05, 4.69) is 45.5 Å². The van der Waals surface area contributed by atoms with Crippen molar-refractivity contribution in [1.82, 2.24) is 0 Å². The summed E-state index contributed by atoms with van der Waals surface area (Å²) in [5.41, 5.74) is 5.21. The number of rotatable bonds is 14. The summed E-state index contributed by atoms with van der Waals surface area (Å²) in [6, 6.07) is 13.6. The van der Waals surface area contributed by atoms with Crippen LogP contribution in [0.5, 0.6) is 0 Å². The number of benzene rings is 2. The Morgan fingerprint density at radius 1 is 0.889 bits per heavy atom. The third kappa shape index (κ3) is 9.98.